The molecular weight excluding hydrogens is 256 g/mol. The van der Waals surface area contributed by atoms with E-state index in [4.69, 9.17) is 5.11 Å². The van der Waals surface area contributed by atoms with E-state index in [1.807, 2.05) is 30.3 Å². The van der Waals surface area contributed by atoms with Gasteiger partial charge in [0.25, 0.3) is 0 Å². The Labute approximate surface area is 116 Å². The molecule has 102 valence electrons. The monoisotopic (exact) mass is 270 g/mol. The SMILES string of the molecule is Cc1c(Cc2ccccc2)ccc(C(=O)O)c1C(=O)O. The van der Waals surface area contributed by atoms with Crippen LogP contribution in [0.5, 0.6) is 0 Å². The highest BCUT2D eigenvalue weighted by molar-refractivity contribution is 6.03. The first-order chi connectivity index (χ1) is 9.50. The summed E-state index contributed by atoms with van der Waals surface area (Å²) in [6.45, 7) is 1.65. The number of hydrogen-bond acceptors (Lipinski definition) is 2. The third kappa shape index (κ3) is 2.69. The summed E-state index contributed by atoms with van der Waals surface area (Å²) < 4.78 is 0. The minimum Gasteiger partial charge on any atom is -0.478 e. The van der Waals surface area contributed by atoms with Gasteiger partial charge in [0, 0.05) is 0 Å². The Bertz CT molecular complexity index is 660. The topological polar surface area (TPSA) is 74.6 Å². The first-order valence-corrected chi connectivity index (χ1v) is 6.13. The van der Waals surface area contributed by atoms with Crippen LogP contribution in [0.25, 0.3) is 0 Å². The van der Waals surface area contributed by atoms with Gasteiger partial charge in [-0.05, 0) is 36.1 Å². The van der Waals surface area contributed by atoms with E-state index in [1.54, 1.807) is 13.0 Å². The number of carboxylic acid groups (broad SMARTS) is 2. The van der Waals surface area contributed by atoms with Crippen LogP contribution in [0, 0.1) is 6.92 Å². The fourth-order valence-electron chi connectivity index (χ4n) is 2.22. The van der Waals surface area contributed by atoms with Crippen LogP contribution >= 0.6 is 0 Å². The van der Waals surface area contributed by atoms with Gasteiger partial charge in [-0.25, -0.2) is 9.59 Å². The number of benzene rings is 2. The molecule has 0 aliphatic carbocycles. The second-order valence-corrected chi connectivity index (χ2v) is 4.54. The Morgan fingerprint density at radius 3 is 2.15 bits per heavy atom. The van der Waals surface area contributed by atoms with Gasteiger partial charge >= 0.3 is 11.9 Å². The standard InChI is InChI=1S/C16H14O4/c1-10-12(9-11-5-3-2-4-6-11)7-8-13(15(17)18)14(10)16(19)20/h2-8H,9H2,1H3,(H,17,18)(H,19,20). The molecule has 0 aromatic heterocycles. The van der Waals surface area contributed by atoms with E-state index in [-0.39, 0.29) is 11.1 Å². The van der Waals surface area contributed by atoms with Crippen LogP contribution in [-0.4, -0.2) is 22.2 Å². The molecule has 0 atom stereocenters. The van der Waals surface area contributed by atoms with Crippen molar-refractivity contribution >= 4 is 11.9 Å². The third-order valence-corrected chi connectivity index (χ3v) is 3.26. The van der Waals surface area contributed by atoms with Gasteiger partial charge in [0.05, 0.1) is 11.1 Å². The minimum atomic E-state index is -1.23. The van der Waals surface area contributed by atoms with Crippen molar-refractivity contribution in [3.63, 3.8) is 0 Å². The van der Waals surface area contributed by atoms with Gasteiger partial charge in [-0.2, -0.15) is 0 Å². The lowest BCUT2D eigenvalue weighted by Crippen LogP contribution is -2.12. The predicted octanol–water partition coefficient (Wildman–Crippen LogP) is 2.98. The molecule has 0 amide bonds. The number of carboxylic acids is 2. The molecule has 2 aromatic carbocycles. The summed E-state index contributed by atoms with van der Waals surface area (Å²) in [5, 5.41) is 18.3. The highest BCUT2D eigenvalue weighted by Gasteiger charge is 2.20. The van der Waals surface area contributed by atoms with Gasteiger partial charge in [0.2, 0.25) is 0 Å². The minimum absolute atomic E-state index is 0.133. The molecule has 0 radical (unpaired) electrons. The van der Waals surface area contributed by atoms with Crippen molar-refractivity contribution in [3.8, 4) is 0 Å². The predicted molar refractivity (Wildman–Crippen MR) is 74.3 cm³/mol. The molecule has 0 aliphatic heterocycles. The summed E-state index contributed by atoms with van der Waals surface area (Å²) in [5.74, 6) is -2.44. The zero-order chi connectivity index (χ0) is 14.7. The molecule has 2 aromatic rings. The molecule has 0 bridgehead atoms. The maximum Gasteiger partial charge on any atom is 0.336 e. The zero-order valence-corrected chi connectivity index (χ0v) is 11.0. The number of aromatic carboxylic acids is 2. The van der Waals surface area contributed by atoms with E-state index in [9.17, 15) is 14.7 Å². The summed E-state index contributed by atoms with van der Waals surface area (Å²) in [7, 11) is 0. The Morgan fingerprint density at radius 2 is 1.60 bits per heavy atom. The molecule has 4 nitrogen and oxygen atoms in total. The van der Waals surface area contributed by atoms with Gasteiger partial charge in [-0.3, -0.25) is 0 Å². The van der Waals surface area contributed by atoms with Gasteiger partial charge in [-0.15, -0.1) is 0 Å². The molecule has 4 heteroatoms. The van der Waals surface area contributed by atoms with Crippen LogP contribution in [0.1, 0.15) is 37.4 Å². The zero-order valence-electron chi connectivity index (χ0n) is 11.0. The van der Waals surface area contributed by atoms with Crippen molar-refractivity contribution in [1.82, 2.24) is 0 Å². The van der Waals surface area contributed by atoms with Crippen LogP contribution in [0.3, 0.4) is 0 Å². The fourth-order valence-corrected chi connectivity index (χ4v) is 2.22. The lowest BCUT2D eigenvalue weighted by molar-refractivity contribution is 0.0650. The highest BCUT2D eigenvalue weighted by atomic mass is 16.4. The van der Waals surface area contributed by atoms with E-state index in [0.29, 0.717) is 12.0 Å². The number of carbonyl (C=O) groups is 2. The lowest BCUT2D eigenvalue weighted by atomic mass is 9.93. The Morgan fingerprint density at radius 1 is 0.950 bits per heavy atom. The van der Waals surface area contributed by atoms with Crippen molar-refractivity contribution in [2.75, 3.05) is 0 Å². The molecule has 2 rings (SSSR count). The molecule has 2 N–H and O–H groups in total. The Hall–Kier alpha value is -2.62. The van der Waals surface area contributed by atoms with Crippen molar-refractivity contribution in [2.45, 2.75) is 13.3 Å². The molecule has 0 saturated heterocycles. The first-order valence-electron chi connectivity index (χ1n) is 6.13. The van der Waals surface area contributed by atoms with Crippen LogP contribution in [-0.2, 0) is 6.42 Å². The van der Waals surface area contributed by atoms with E-state index < -0.39 is 11.9 Å². The Balaban J connectivity index is 2.49. The van der Waals surface area contributed by atoms with E-state index in [1.165, 1.54) is 6.07 Å². The normalized spacial score (nSPS) is 10.2. The summed E-state index contributed by atoms with van der Waals surface area (Å²) in [6, 6.07) is 12.7. The summed E-state index contributed by atoms with van der Waals surface area (Å²) in [4.78, 5) is 22.4. The van der Waals surface area contributed by atoms with Crippen LogP contribution in [0.2, 0.25) is 0 Å². The molecule has 20 heavy (non-hydrogen) atoms. The van der Waals surface area contributed by atoms with Crippen LogP contribution in [0.4, 0.5) is 0 Å². The van der Waals surface area contributed by atoms with Crippen molar-refractivity contribution in [1.29, 1.82) is 0 Å². The van der Waals surface area contributed by atoms with E-state index in [2.05, 4.69) is 0 Å². The second-order valence-electron chi connectivity index (χ2n) is 4.54. The lowest BCUT2D eigenvalue weighted by Gasteiger charge is -2.11. The van der Waals surface area contributed by atoms with Gasteiger partial charge in [0.15, 0.2) is 0 Å². The average molecular weight is 270 g/mol. The first kappa shape index (κ1) is 13.8. The van der Waals surface area contributed by atoms with E-state index in [0.717, 1.165) is 11.1 Å². The highest BCUT2D eigenvalue weighted by Crippen LogP contribution is 2.21. The van der Waals surface area contributed by atoms with Crippen molar-refractivity contribution in [3.05, 3.63) is 70.3 Å². The summed E-state index contributed by atoms with van der Waals surface area (Å²) in [6.07, 6.45) is 0.576. The maximum absolute atomic E-state index is 11.3. The van der Waals surface area contributed by atoms with Gasteiger partial charge in [-0.1, -0.05) is 36.4 Å². The molecule has 0 saturated carbocycles. The van der Waals surface area contributed by atoms with Crippen LogP contribution in [0.15, 0.2) is 42.5 Å². The molecule has 0 aliphatic rings. The van der Waals surface area contributed by atoms with Gasteiger partial charge < -0.3 is 10.2 Å². The maximum atomic E-state index is 11.3. The average Bonchev–Trinajstić information content (AvgIpc) is 2.41. The number of hydrogen-bond donors (Lipinski definition) is 2. The van der Waals surface area contributed by atoms with Gasteiger partial charge in [0.1, 0.15) is 0 Å². The molecule has 0 spiro atoms. The number of rotatable bonds is 4. The Kier molecular flexibility index (Phi) is 3.84. The fraction of sp³-hybridized carbons (Fsp3) is 0.125. The summed E-state index contributed by atoms with van der Waals surface area (Å²) in [5.41, 5.74) is 2.06. The second kappa shape index (κ2) is 5.57. The third-order valence-electron chi connectivity index (χ3n) is 3.26. The summed E-state index contributed by atoms with van der Waals surface area (Å²) >= 11 is 0. The molecule has 0 fully saturated rings. The molecule has 0 unspecified atom stereocenters. The van der Waals surface area contributed by atoms with Crippen molar-refractivity contribution < 1.29 is 19.8 Å². The van der Waals surface area contributed by atoms with Crippen molar-refractivity contribution in [2.24, 2.45) is 0 Å². The largest absolute Gasteiger partial charge is 0.478 e. The van der Waals surface area contributed by atoms with Crippen LogP contribution < -0.4 is 0 Å². The quantitative estimate of drug-likeness (QED) is 0.895. The molecular formula is C16H14O4. The smallest absolute Gasteiger partial charge is 0.336 e. The van der Waals surface area contributed by atoms with E-state index >= 15 is 0 Å². The molecule has 0 heterocycles.